The van der Waals surface area contributed by atoms with Crippen LogP contribution in [0.5, 0.6) is 0 Å². The molecule has 1 N–H and O–H groups in total. The van der Waals surface area contributed by atoms with Crippen LogP contribution in [0.4, 0.5) is 4.39 Å². The lowest BCUT2D eigenvalue weighted by molar-refractivity contribution is 0.181. The van der Waals surface area contributed by atoms with Crippen LogP contribution in [-0.4, -0.2) is 51.3 Å². The first kappa shape index (κ1) is 17.0. The van der Waals surface area contributed by atoms with Crippen LogP contribution >= 0.6 is 11.6 Å². The molecule has 1 fully saturated rings. The average Bonchev–Trinajstić information content (AvgIpc) is 2.98. The fraction of sp³-hybridized carbons (Fsp3) is 0.562. The molecule has 0 saturated carbocycles. The maximum absolute atomic E-state index is 13.0. The van der Waals surface area contributed by atoms with Gasteiger partial charge in [0.25, 0.3) is 0 Å². The minimum atomic E-state index is -0.309. The van der Waals surface area contributed by atoms with Crippen LogP contribution in [-0.2, 0) is 11.2 Å². The van der Waals surface area contributed by atoms with E-state index < -0.39 is 0 Å². The van der Waals surface area contributed by atoms with Gasteiger partial charge < -0.3 is 15.0 Å². The summed E-state index contributed by atoms with van der Waals surface area (Å²) in [5, 5.41) is 3.78. The maximum atomic E-state index is 13.0. The topological polar surface area (TPSA) is 36.9 Å². The summed E-state index contributed by atoms with van der Waals surface area (Å²) in [6.07, 6.45) is 1.82. The fourth-order valence-electron chi connectivity index (χ4n) is 2.62. The smallest absolute Gasteiger partial charge is 0.193 e. The summed E-state index contributed by atoms with van der Waals surface area (Å²) in [6.45, 7) is 3.31. The van der Waals surface area contributed by atoms with Crippen LogP contribution < -0.4 is 5.32 Å². The highest BCUT2D eigenvalue weighted by Gasteiger charge is 2.18. The van der Waals surface area contributed by atoms with Gasteiger partial charge in [0.1, 0.15) is 5.82 Å². The van der Waals surface area contributed by atoms with Gasteiger partial charge in [-0.1, -0.05) is 17.7 Å². The predicted molar refractivity (Wildman–Crippen MR) is 88.0 cm³/mol. The molecule has 4 nitrogen and oxygen atoms in total. The van der Waals surface area contributed by atoms with E-state index in [1.165, 1.54) is 12.1 Å². The Labute approximate surface area is 136 Å². The molecule has 122 valence electrons. The molecule has 1 aliphatic rings. The molecule has 2 rings (SSSR count). The maximum Gasteiger partial charge on any atom is 0.193 e. The first-order chi connectivity index (χ1) is 10.6. The zero-order chi connectivity index (χ0) is 15.9. The van der Waals surface area contributed by atoms with Crippen molar-refractivity contribution in [2.45, 2.75) is 12.8 Å². The SMILES string of the molecule is CN=C(NCCc1ccc(F)cc1Cl)N(C)CC1CCOC1. The Morgan fingerprint density at radius 1 is 1.55 bits per heavy atom. The minimum Gasteiger partial charge on any atom is -0.381 e. The van der Waals surface area contributed by atoms with E-state index in [1.807, 2.05) is 7.05 Å². The molecule has 0 amide bonds. The second-order valence-corrected chi connectivity index (χ2v) is 5.98. The highest BCUT2D eigenvalue weighted by Crippen LogP contribution is 2.17. The lowest BCUT2D eigenvalue weighted by Crippen LogP contribution is -2.42. The lowest BCUT2D eigenvalue weighted by Gasteiger charge is -2.24. The van der Waals surface area contributed by atoms with Crippen LogP contribution in [0.2, 0.25) is 5.02 Å². The average molecular weight is 328 g/mol. The Morgan fingerprint density at radius 3 is 3.00 bits per heavy atom. The van der Waals surface area contributed by atoms with Crippen LogP contribution in [0, 0.1) is 11.7 Å². The third-order valence-electron chi connectivity index (χ3n) is 3.82. The van der Waals surface area contributed by atoms with Crippen molar-refractivity contribution in [1.82, 2.24) is 10.2 Å². The zero-order valence-electron chi connectivity index (χ0n) is 13.1. The minimum absolute atomic E-state index is 0.309. The molecule has 1 unspecified atom stereocenters. The number of rotatable bonds is 5. The second-order valence-electron chi connectivity index (χ2n) is 5.57. The predicted octanol–water partition coefficient (Wildman–Crippen LogP) is 2.57. The van der Waals surface area contributed by atoms with Gasteiger partial charge in [-0.15, -0.1) is 0 Å². The quantitative estimate of drug-likeness (QED) is 0.667. The zero-order valence-corrected chi connectivity index (χ0v) is 13.9. The van der Waals surface area contributed by atoms with Crippen molar-refractivity contribution in [3.63, 3.8) is 0 Å². The van der Waals surface area contributed by atoms with Crippen molar-refractivity contribution in [2.24, 2.45) is 10.9 Å². The molecule has 0 aliphatic carbocycles. The Kier molecular flexibility index (Phi) is 6.46. The highest BCUT2D eigenvalue weighted by molar-refractivity contribution is 6.31. The molecule has 1 aliphatic heterocycles. The van der Waals surface area contributed by atoms with E-state index in [0.717, 1.165) is 44.1 Å². The number of hydrogen-bond acceptors (Lipinski definition) is 2. The van der Waals surface area contributed by atoms with Crippen molar-refractivity contribution >= 4 is 17.6 Å². The highest BCUT2D eigenvalue weighted by atomic mass is 35.5. The number of halogens is 2. The molecule has 1 aromatic rings. The summed E-state index contributed by atoms with van der Waals surface area (Å²) in [6, 6.07) is 4.50. The number of guanidine groups is 1. The third-order valence-corrected chi connectivity index (χ3v) is 4.17. The Bertz CT molecular complexity index is 518. The van der Waals surface area contributed by atoms with Gasteiger partial charge >= 0.3 is 0 Å². The summed E-state index contributed by atoms with van der Waals surface area (Å²) in [5.74, 6) is 1.11. The Morgan fingerprint density at radius 2 is 2.36 bits per heavy atom. The third kappa shape index (κ3) is 4.85. The molecule has 0 spiro atoms. The van der Waals surface area contributed by atoms with Crippen molar-refractivity contribution in [1.29, 1.82) is 0 Å². The molecule has 1 atom stereocenters. The molecule has 1 saturated heterocycles. The van der Waals surface area contributed by atoms with Crippen LogP contribution in [0.1, 0.15) is 12.0 Å². The standard InChI is InChI=1S/C16H23ClFN3O/c1-19-16(21(2)10-12-6-8-22-11-12)20-7-5-13-3-4-14(18)9-15(13)17/h3-4,9,12H,5-8,10-11H2,1-2H3,(H,19,20). The molecule has 6 heteroatoms. The molecule has 22 heavy (non-hydrogen) atoms. The van der Waals surface area contributed by atoms with Gasteiger partial charge in [0.15, 0.2) is 5.96 Å². The van der Waals surface area contributed by atoms with Gasteiger partial charge in [-0.3, -0.25) is 4.99 Å². The van der Waals surface area contributed by atoms with Gasteiger partial charge in [-0.2, -0.15) is 0 Å². The van der Waals surface area contributed by atoms with Crippen molar-refractivity contribution in [2.75, 3.05) is 40.4 Å². The first-order valence-corrected chi connectivity index (χ1v) is 7.91. The monoisotopic (exact) mass is 327 g/mol. The summed E-state index contributed by atoms with van der Waals surface area (Å²) in [5.41, 5.74) is 0.929. The number of nitrogens with zero attached hydrogens (tertiary/aromatic N) is 2. The Hall–Kier alpha value is -1.33. The van der Waals surface area contributed by atoms with E-state index >= 15 is 0 Å². The van der Waals surface area contributed by atoms with E-state index in [0.29, 0.717) is 17.5 Å². The second kappa shape index (κ2) is 8.34. The molecular weight excluding hydrogens is 305 g/mol. The molecule has 0 aromatic heterocycles. The van der Waals surface area contributed by atoms with E-state index in [1.54, 1.807) is 13.1 Å². The summed E-state index contributed by atoms with van der Waals surface area (Å²) in [4.78, 5) is 6.41. The summed E-state index contributed by atoms with van der Waals surface area (Å²) >= 11 is 6.03. The normalized spacial score (nSPS) is 18.5. The summed E-state index contributed by atoms with van der Waals surface area (Å²) in [7, 11) is 3.80. The number of hydrogen-bond donors (Lipinski definition) is 1. The van der Waals surface area contributed by atoms with Gasteiger partial charge in [0, 0.05) is 44.7 Å². The van der Waals surface area contributed by atoms with Crippen LogP contribution in [0.15, 0.2) is 23.2 Å². The van der Waals surface area contributed by atoms with Crippen LogP contribution in [0.3, 0.4) is 0 Å². The van der Waals surface area contributed by atoms with E-state index in [9.17, 15) is 4.39 Å². The van der Waals surface area contributed by atoms with Crippen molar-refractivity contribution in [3.8, 4) is 0 Å². The number of ether oxygens (including phenoxy) is 1. The van der Waals surface area contributed by atoms with Gasteiger partial charge in [-0.25, -0.2) is 4.39 Å². The molecule has 1 heterocycles. The number of aliphatic imine (C=N–C) groups is 1. The largest absolute Gasteiger partial charge is 0.381 e. The van der Waals surface area contributed by atoms with Crippen molar-refractivity contribution < 1.29 is 9.13 Å². The van der Waals surface area contributed by atoms with Gasteiger partial charge in [0.2, 0.25) is 0 Å². The molecule has 0 bridgehead atoms. The first-order valence-electron chi connectivity index (χ1n) is 7.53. The van der Waals surface area contributed by atoms with Crippen molar-refractivity contribution in [3.05, 3.63) is 34.6 Å². The number of nitrogens with one attached hydrogen (secondary N) is 1. The lowest BCUT2D eigenvalue weighted by atomic mass is 10.1. The van der Waals surface area contributed by atoms with E-state index in [4.69, 9.17) is 16.3 Å². The van der Waals surface area contributed by atoms with Gasteiger partial charge in [0.05, 0.1) is 6.61 Å². The van der Waals surface area contributed by atoms with Crippen LogP contribution in [0.25, 0.3) is 0 Å². The fourth-order valence-corrected chi connectivity index (χ4v) is 2.88. The molecule has 0 radical (unpaired) electrons. The Balaban J connectivity index is 1.80. The van der Waals surface area contributed by atoms with E-state index in [-0.39, 0.29) is 5.82 Å². The van der Waals surface area contributed by atoms with Gasteiger partial charge in [-0.05, 0) is 30.5 Å². The van der Waals surface area contributed by atoms with E-state index in [2.05, 4.69) is 15.2 Å². The number of benzene rings is 1. The summed E-state index contributed by atoms with van der Waals surface area (Å²) < 4.78 is 18.4. The molecular formula is C16H23ClFN3O. The molecule has 1 aromatic carbocycles.